The lowest BCUT2D eigenvalue weighted by molar-refractivity contribution is -0.136. The fourth-order valence-electron chi connectivity index (χ4n) is 1.83. The minimum atomic E-state index is -0.915. The van der Waals surface area contributed by atoms with Crippen molar-refractivity contribution in [2.45, 2.75) is 39.7 Å². The van der Waals surface area contributed by atoms with Crippen molar-refractivity contribution in [3.8, 4) is 0 Å². The minimum Gasteiger partial charge on any atom is -0.481 e. The molecule has 0 saturated heterocycles. The third-order valence-corrected chi connectivity index (χ3v) is 2.60. The zero-order valence-electron chi connectivity index (χ0n) is 10.9. The van der Waals surface area contributed by atoms with E-state index >= 15 is 0 Å². The molecule has 2 N–H and O–H groups in total. The molecule has 6 nitrogen and oxygen atoms in total. The summed E-state index contributed by atoms with van der Waals surface area (Å²) in [5.74, 6) is -1.07. The van der Waals surface area contributed by atoms with E-state index in [4.69, 9.17) is 5.11 Å². The number of rotatable bonds is 6. The van der Waals surface area contributed by atoms with Crippen LogP contribution in [0.25, 0.3) is 0 Å². The lowest BCUT2D eigenvalue weighted by Gasteiger charge is -2.13. The zero-order valence-corrected chi connectivity index (χ0v) is 10.9. The van der Waals surface area contributed by atoms with Gasteiger partial charge >= 0.3 is 5.97 Å². The van der Waals surface area contributed by atoms with E-state index in [-0.39, 0.29) is 24.9 Å². The van der Waals surface area contributed by atoms with Crippen molar-refractivity contribution in [3.63, 3.8) is 0 Å². The van der Waals surface area contributed by atoms with E-state index in [0.717, 1.165) is 11.4 Å². The Labute approximate surface area is 106 Å². The van der Waals surface area contributed by atoms with Gasteiger partial charge in [0.15, 0.2) is 0 Å². The Morgan fingerprint density at radius 1 is 1.50 bits per heavy atom. The third-order valence-electron chi connectivity index (χ3n) is 2.60. The Balaban J connectivity index is 2.44. The second-order valence-electron chi connectivity index (χ2n) is 4.42. The van der Waals surface area contributed by atoms with Crippen LogP contribution in [0.3, 0.4) is 0 Å². The number of nitrogens with one attached hydrogen (secondary N) is 1. The first kappa shape index (κ1) is 14.2. The molecule has 0 aromatic carbocycles. The van der Waals surface area contributed by atoms with E-state index in [9.17, 15) is 9.59 Å². The summed E-state index contributed by atoms with van der Waals surface area (Å²) in [7, 11) is 0. The highest BCUT2D eigenvalue weighted by Gasteiger charge is 2.13. The molecule has 1 aromatic heterocycles. The zero-order chi connectivity index (χ0) is 13.7. The molecule has 1 heterocycles. The Hall–Kier alpha value is -1.85. The van der Waals surface area contributed by atoms with Crippen LogP contribution in [0.2, 0.25) is 0 Å². The number of hydrogen-bond acceptors (Lipinski definition) is 3. The Bertz CT molecular complexity index is 440. The van der Waals surface area contributed by atoms with Crippen molar-refractivity contribution in [2.24, 2.45) is 0 Å². The highest BCUT2D eigenvalue weighted by molar-refractivity contribution is 5.77. The number of aryl methyl sites for hydroxylation is 2. The van der Waals surface area contributed by atoms with E-state index in [0.29, 0.717) is 6.42 Å². The highest BCUT2D eigenvalue weighted by atomic mass is 16.4. The molecule has 0 saturated carbocycles. The second-order valence-corrected chi connectivity index (χ2v) is 4.42. The van der Waals surface area contributed by atoms with E-state index in [1.165, 1.54) is 0 Å². The molecule has 0 spiro atoms. The number of carbonyl (C=O) groups is 2. The summed E-state index contributed by atoms with van der Waals surface area (Å²) in [6.45, 7) is 5.93. The topological polar surface area (TPSA) is 84.2 Å². The van der Waals surface area contributed by atoms with Crippen LogP contribution >= 0.6 is 0 Å². The maximum absolute atomic E-state index is 11.6. The summed E-state index contributed by atoms with van der Waals surface area (Å²) < 4.78 is 1.81. The summed E-state index contributed by atoms with van der Waals surface area (Å²) in [6.07, 6.45) is 0.238. The minimum absolute atomic E-state index is 0.0384. The molecular weight excluding hydrogens is 234 g/mol. The Kier molecular flexibility index (Phi) is 4.88. The Morgan fingerprint density at radius 2 is 2.17 bits per heavy atom. The average Bonchev–Trinajstić information content (AvgIpc) is 2.57. The second kappa shape index (κ2) is 6.18. The van der Waals surface area contributed by atoms with Crippen LogP contribution in [0.1, 0.15) is 37.2 Å². The number of hydrogen-bond donors (Lipinski definition) is 2. The molecule has 1 atom stereocenters. The van der Waals surface area contributed by atoms with Crippen molar-refractivity contribution >= 4 is 11.9 Å². The molecule has 1 rings (SSSR count). The standard InChI is InChI=1S/C12H19N3O3/c1-8-6-9(2)15(14-8)10(3)7-11(16)13-5-4-12(17)18/h6,10H,4-5,7H2,1-3H3,(H,13,16)(H,17,18). The number of amides is 1. The summed E-state index contributed by atoms with van der Waals surface area (Å²) in [5.41, 5.74) is 1.93. The summed E-state index contributed by atoms with van der Waals surface area (Å²) in [5, 5.41) is 15.4. The van der Waals surface area contributed by atoms with Crippen LogP contribution < -0.4 is 5.32 Å². The monoisotopic (exact) mass is 253 g/mol. The van der Waals surface area contributed by atoms with Crippen molar-refractivity contribution in [3.05, 3.63) is 17.5 Å². The number of aromatic nitrogens is 2. The van der Waals surface area contributed by atoms with Crippen LogP contribution in [-0.4, -0.2) is 33.3 Å². The average molecular weight is 253 g/mol. The van der Waals surface area contributed by atoms with E-state index in [2.05, 4.69) is 10.4 Å². The van der Waals surface area contributed by atoms with Crippen molar-refractivity contribution < 1.29 is 14.7 Å². The number of aliphatic carboxylic acids is 1. The van der Waals surface area contributed by atoms with Gasteiger partial charge in [0, 0.05) is 18.7 Å². The maximum atomic E-state index is 11.6. The number of nitrogens with zero attached hydrogens (tertiary/aromatic N) is 2. The third kappa shape index (κ3) is 4.20. The molecule has 18 heavy (non-hydrogen) atoms. The number of carbonyl (C=O) groups excluding carboxylic acids is 1. The van der Waals surface area contributed by atoms with Crippen LogP contribution in [-0.2, 0) is 9.59 Å². The molecule has 100 valence electrons. The van der Waals surface area contributed by atoms with Crippen LogP contribution in [0, 0.1) is 13.8 Å². The molecular formula is C12H19N3O3. The largest absolute Gasteiger partial charge is 0.481 e. The van der Waals surface area contributed by atoms with Gasteiger partial charge in [0.1, 0.15) is 0 Å². The molecule has 0 aliphatic carbocycles. The lowest BCUT2D eigenvalue weighted by atomic mass is 10.2. The van der Waals surface area contributed by atoms with E-state index < -0.39 is 5.97 Å². The Morgan fingerprint density at radius 3 is 2.67 bits per heavy atom. The first-order chi connectivity index (χ1) is 8.40. The van der Waals surface area contributed by atoms with Crippen LogP contribution in [0.4, 0.5) is 0 Å². The normalized spacial score (nSPS) is 12.2. The molecule has 0 fully saturated rings. The van der Waals surface area contributed by atoms with Crippen LogP contribution in [0.15, 0.2) is 6.07 Å². The SMILES string of the molecule is Cc1cc(C)n(C(C)CC(=O)NCCC(=O)O)n1. The first-order valence-electron chi connectivity index (χ1n) is 5.91. The van der Waals surface area contributed by atoms with Crippen molar-refractivity contribution in [2.75, 3.05) is 6.54 Å². The lowest BCUT2D eigenvalue weighted by Crippen LogP contribution is -2.28. The van der Waals surface area contributed by atoms with Gasteiger partial charge in [0.05, 0.1) is 18.2 Å². The molecule has 6 heteroatoms. The predicted molar refractivity (Wildman–Crippen MR) is 66.3 cm³/mol. The van der Waals surface area contributed by atoms with Gasteiger partial charge in [-0.15, -0.1) is 0 Å². The van der Waals surface area contributed by atoms with E-state index in [1.807, 2.05) is 31.5 Å². The quantitative estimate of drug-likeness (QED) is 0.793. The van der Waals surface area contributed by atoms with Crippen molar-refractivity contribution in [1.82, 2.24) is 15.1 Å². The number of carboxylic acid groups (broad SMARTS) is 1. The highest BCUT2D eigenvalue weighted by Crippen LogP contribution is 2.13. The summed E-state index contributed by atoms with van der Waals surface area (Å²) in [6, 6.07) is 1.92. The smallest absolute Gasteiger partial charge is 0.305 e. The first-order valence-corrected chi connectivity index (χ1v) is 5.91. The summed E-state index contributed by atoms with van der Waals surface area (Å²) in [4.78, 5) is 21.9. The van der Waals surface area contributed by atoms with Gasteiger partial charge in [0.25, 0.3) is 0 Å². The van der Waals surface area contributed by atoms with Gasteiger partial charge < -0.3 is 10.4 Å². The van der Waals surface area contributed by atoms with Gasteiger partial charge in [-0.05, 0) is 26.8 Å². The van der Waals surface area contributed by atoms with Gasteiger partial charge in [0.2, 0.25) is 5.91 Å². The van der Waals surface area contributed by atoms with Gasteiger partial charge in [-0.1, -0.05) is 0 Å². The van der Waals surface area contributed by atoms with E-state index in [1.54, 1.807) is 0 Å². The fourth-order valence-corrected chi connectivity index (χ4v) is 1.83. The van der Waals surface area contributed by atoms with Crippen LogP contribution in [0.5, 0.6) is 0 Å². The molecule has 0 bridgehead atoms. The van der Waals surface area contributed by atoms with Gasteiger partial charge in [-0.2, -0.15) is 5.10 Å². The molecule has 1 unspecified atom stereocenters. The number of carboxylic acids is 1. The maximum Gasteiger partial charge on any atom is 0.305 e. The molecule has 1 amide bonds. The molecule has 1 aromatic rings. The molecule has 0 aliphatic rings. The predicted octanol–water partition coefficient (Wildman–Crippen LogP) is 1.04. The fraction of sp³-hybridized carbons (Fsp3) is 0.583. The molecule has 0 aliphatic heterocycles. The summed E-state index contributed by atoms with van der Waals surface area (Å²) >= 11 is 0. The van der Waals surface area contributed by atoms with Gasteiger partial charge in [-0.25, -0.2) is 0 Å². The van der Waals surface area contributed by atoms with Gasteiger partial charge in [-0.3, -0.25) is 14.3 Å². The van der Waals surface area contributed by atoms with Crippen molar-refractivity contribution in [1.29, 1.82) is 0 Å². The molecule has 0 radical (unpaired) electrons.